The first kappa shape index (κ1) is 9.25. The van der Waals surface area contributed by atoms with Gasteiger partial charge >= 0.3 is 0 Å². The highest BCUT2D eigenvalue weighted by Gasteiger charge is 2.03. The van der Waals surface area contributed by atoms with Crippen LogP contribution in [0.25, 0.3) is 0 Å². The molecule has 4 heteroatoms. The van der Waals surface area contributed by atoms with Crippen LogP contribution < -0.4 is 0 Å². The van der Waals surface area contributed by atoms with Crippen LogP contribution in [-0.4, -0.2) is 23.3 Å². The number of nitriles is 1. The molecule has 0 aliphatic heterocycles. The third-order valence-corrected chi connectivity index (χ3v) is 2.57. The topological polar surface area (TPSA) is 32.0 Å². The third kappa shape index (κ3) is 2.07. The molecule has 0 saturated carbocycles. The van der Waals surface area contributed by atoms with Gasteiger partial charge in [0, 0.05) is 27.2 Å². The van der Waals surface area contributed by atoms with E-state index < -0.39 is 0 Å². The van der Waals surface area contributed by atoms with Gasteiger partial charge in [-0.05, 0) is 20.2 Å². The smallest absolute Gasteiger partial charge is 0.124 e. The summed E-state index contributed by atoms with van der Waals surface area (Å²) in [6.45, 7) is 0.928. The lowest BCUT2D eigenvalue weighted by molar-refractivity contribution is 0.406. The van der Waals surface area contributed by atoms with Crippen molar-refractivity contribution in [2.24, 2.45) is 7.05 Å². The van der Waals surface area contributed by atoms with Gasteiger partial charge in [-0.15, -0.1) is 0 Å². The van der Waals surface area contributed by atoms with Gasteiger partial charge in [-0.1, -0.05) is 0 Å². The van der Waals surface area contributed by atoms with Crippen LogP contribution in [0, 0.1) is 11.3 Å². The van der Waals surface area contributed by atoms with Crippen LogP contribution in [0.4, 0.5) is 0 Å². The van der Waals surface area contributed by atoms with Crippen molar-refractivity contribution in [1.29, 1.82) is 5.26 Å². The zero-order valence-electron chi connectivity index (χ0n) is 7.57. The highest BCUT2D eigenvalue weighted by Crippen LogP contribution is 2.19. The van der Waals surface area contributed by atoms with E-state index >= 15 is 0 Å². The fourth-order valence-electron chi connectivity index (χ4n) is 1.03. The molecular formula is C8H12N3P. The number of rotatable bonds is 2. The van der Waals surface area contributed by atoms with Gasteiger partial charge in [0.1, 0.15) is 11.8 Å². The molecule has 0 spiro atoms. The molecule has 0 N–H and O–H groups in total. The predicted molar refractivity (Wildman–Crippen MR) is 50.0 cm³/mol. The molecule has 0 aliphatic carbocycles. The van der Waals surface area contributed by atoms with Gasteiger partial charge in [-0.3, -0.25) is 0 Å². The van der Waals surface area contributed by atoms with Crippen LogP contribution >= 0.6 is 8.35 Å². The predicted octanol–water partition coefficient (Wildman–Crippen LogP) is 1.54. The van der Waals surface area contributed by atoms with Gasteiger partial charge in [0.2, 0.25) is 0 Å². The minimum atomic E-state index is 0.758. The molecule has 0 aromatic carbocycles. The average molecular weight is 181 g/mol. The van der Waals surface area contributed by atoms with Crippen LogP contribution in [0.5, 0.6) is 0 Å². The molecule has 3 nitrogen and oxygen atoms in total. The first-order chi connectivity index (χ1) is 5.63. The Kier molecular flexibility index (Phi) is 2.86. The van der Waals surface area contributed by atoms with Gasteiger partial charge in [0.15, 0.2) is 0 Å². The second kappa shape index (κ2) is 3.71. The summed E-state index contributed by atoms with van der Waals surface area (Å²) in [4.78, 5) is 2.10. The van der Waals surface area contributed by atoms with Crippen LogP contribution in [0.3, 0.4) is 0 Å². The maximum Gasteiger partial charge on any atom is 0.124 e. The van der Waals surface area contributed by atoms with Crippen LogP contribution in [0.1, 0.15) is 11.0 Å². The van der Waals surface area contributed by atoms with Crippen LogP contribution in [-0.2, 0) is 13.6 Å². The Morgan fingerprint density at radius 1 is 1.67 bits per heavy atom. The van der Waals surface area contributed by atoms with Gasteiger partial charge in [-0.2, -0.15) is 5.26 Å². The largest absolute Gasteiger partial charge is 0.318 e. The summed E-state index contributed by atoms with van der Waals surface area (Å²) in [6.07, 6.45) is 0. The van der Waals surface area contributed by atoms with E-state index in [1.54, 1.807) is 0 Å². The Labute approximate surface area is 74.4 Å². The van der Waals surface area contributed by atoms with Gasteiger partial charge in [0.05, 0.1) is 0 Å². The maximum absolute atomic E-state index is 8.70. The van der Waals surface area contributed by atoms with Gasteiger partial charge in [0.25, 0.3) is 0 Å². The minimum absolute atomic E-state index is 0.758. The van der Waals surface area contributed by atoms with Crippen molar-refractivity contribution >= 4 is 8.35 Å². The lowest BCUT2D eigenvalue weighted by atomic mass is 10.4. The van der Waals surface area contributed by atoms with Crippen molar-refractivity contribution in [1.82, 2.24) is 9.23 Å². The molecule has 12 heavy (non-hydrogen) atoms. The Balaban J connectivity index is 2.84. The number of aryl methyl sites for hydroxylation is 1. The van der Waals surface area contributed by atoms with E-state index in [1.165, 1.54) is 5.30 Å². The molecule has 0 fully saturated rings. The van der Waals surface area contributed by atoms with E-state index in [4.69, 9.17) is 5.26 Å². The second-order valence-corrected chi connectivity index (χ2v) is 4.37. The van der Waals surface area contributed by atoms with E-state index in [9.17, 15) is 0 Å². The van der Waals surface area contributed by atoms with Crippen molar-refractivity contribution in [3.63, 3.8) is 0 Å². The average Bonchev–Trinajstić information content (AvgIpc) is 2.29. The van der Waals surface area contributed by atoms with Crippen LogP contribution in [0.15, 0.2) is 6.07 Å². The molecule has 1 rings (SSSR count). The molecule has 0 saturated heterocycles. The molecule has 0 bridgehead atoms. The fraction of sp³-hybridized carbons (Fsp3) is 0.500. The Morgan fingerprint density at radius 3 is 2.75 bits per heavy atom. The molecule has 0 unspecified atom stereocenters. The fourth-order valence-corrected chi connectivity index (χ4v) is 2.15. The molecule has 0 amide bonds. The summed E-state index contributed by atoms with van der Waals surface area (Å²) in [6, 6.07) is 4.12. The number of aromatic nitrogens is 1. The van der Waals surface area contributed by atoms with E-state index in [0.29, 0.717) is 0 Å². The molecule has 0 aliphatic rings. The molecule has 0 radical (unpaired) electrons. The summed E-state index contributed by atoms with van der Waals surface area (Å²) >= 11 is 0. The molecular weight excluding hydrogens is 169 g/mol. The quantitative estimate of drug-likeness (QED) is 0.693. The number of nitrogens with zero attached hydrogens (tertiary/aromatic N) is 3. The lowest BCUT2D eigenvalue weighted by Crippen LogP contribution is -2.08. The lowest BCUT2D eigenvalue weighted by Gasteiger charge is -2.05. The van der Waals surface area contributed by atoms with Gasteiger partial charge in [-0.25, -0.2) is 0 Å². The molecule has 0 atom stereocenters. The summed E-state index contributed by atoms with van der Waals surface area (Å²) in [5.74, 6) is 0. The van der Waals surface area contributed by atoms with Crippen molar-refractivity contribution < 1.29 is 0 Å². The number of hydrogen-bond acceptors (Lipinski definition) is 2. The van der Waals surface area contributed by atoms with Crippen molar-refractivity contribution in [3.05, 3.63) is 17.1 Å². The number of hydrogen-bond donors (Lipinski definition) is 0. The first-order valence-electron chi connectivity index (χ1n) is 3.71. The summed E-state index contributed by atoms with van der Waals surface area (Å²) < 4.78 is 1.94. The Hall–Kier alpha value is -0.840. The molecule has 1 aromatic heterocycles. The maximum atomic E-state index is 8.70. The monoisotopic (exact) mass is 181 g/mol. The normalized spacial score (nSPS) is 10.9. The van der Waals surface area contributed by atoms with E-state index in [2.05, 4.69) is 11.0 Å². The van der Waals surface area contributed by atoms with Crippen molar-refractivity contribution in [2.45, 2.75) is 6.54 Å². The zero-order chi connectivity index (χ0) is 9.14. The second-order valence-electron chi connectivity index (χ2n) is 2.99. The first-order valence-corrected chi connectivity index (χ1v) is 4.56. The molecule has 1 heterocycles. The minimum Gasteiger partial charge on any atom is -0.318 e. The van der Waals surface area contributed by atoms with E-state index in [1.807, 2.05) is 31.5 Å². The highest BCUT2D eigenvalue weighted by molar-refractivity contribution is 7.27. The Bertz CT molecular complexity index is 309. The van der Waals surface area contributed by atoms with Crippen molar-refractivity contribution in [3.8, 4) is 6.07 Å². The van der Waals surface area contributed by atoms with E-state index in [-0.39, 0.29) is 0 Å². The molecule has 1 aromatic rings. The van der Waals surface area contributed by atoms with E-state index in [0.717, 1.165) is 20.6 Å². The zero-order valence-corrected chi connectivity index (χ0v) is 8.47. The third-order valence-electron chi connectivity index (χ3n) is 1.52. The van der Waals surface area contributed by atoms with Crippen molar-refractivity contribution in [2.75, 3.05) is 14.1 Å². The summed E-state index contributed by atoms with van der Waals surface area (Å²) in [5, 5.41) is 9.97. The highest BCUT2D eigenvalue weighted by atomic mass is 31.0. The van der Waals surface area contributed by atoms with Crippen LogP contribution in [0.2, 0.25) is 0 Å². The summed E-state index contributed by atoms with van der Waals surface area (Å²) in [7, 11) is 7.12. The standard InChI is InChI=1S/C8H12N3P/c1-10(2)6-8-4-7(5-9)11(3)12-8/h4H,6H2,1-3H3. The summed E-state index contributed by atoms with van der Waals surface area (Å²) in [5.41, 5.74) is 0.758. The SMILES string of the molecule is CN(C)Cc1cc(C#N)n(C)p1. The Morgan fingerprint density at radius 2 is 2.33 bits per heavy atom. The molecule has 64 valence electrons. The van der Waals surface area contributed by atoms with Gasteiger partial charge < -0.3 is 9.23 Å².